The van der Waals surface area contributed by atoms with E-state index in [4.69, 9.17) is 19.4 Å². The lowest BCUT2D eigenvalue weighted by atomic mass is 9.97. The molecule has 0 aliphatic carbocycles. The van der Waals surface area contributed by atoms with Gasteiger partial charge in [0.1, 0.15) is 11.2 Å². The Morgan fingerprint density at radius 2 is 0.923 bits per heavy atom. The smallest absolute Gasteiger partial charge is 0.167 e. The molecule has 0 spiro atoms. The van der Waals surface area contributed by atoms with Crippen LogP contribution in [0, 0.1) is 0 Å². The van der Waals surface area contributed by atoms with Gasteiger partial charge in [0.25, 0.3) is 0 Å². The van der Waals surface area contributed by atoms with Crippen LogP contribution in [0.5, 0.6) is 0 Å². The Balaban J connectivity index is 1.03. The van der Waals surface area contributed by atoms with E-state index in [1.165, 1.54) is 21.7 Å². The van der Waals surface area contributed by atoms with E-state index >= 15 is 0 Å². The third-order valence-electron chi connectivity index (χ3n) is 13.1. The van der Waals surface area contributed by atoms with Crippen molar-refractivity contribution >= 4 is 87.1 Å². The van der Waals surface area contributed by atoms with Gasteiger partial charge in [-0.2, -0.15) is 0 Å². The summed E-state index contributed by atoms with van der Waals surface area (Å²) < 4.78 is 11.4. The summed E-state index contributed by atoms with van der Waals surface area (Å²) in [4.78, 5) is 16.0. The van der Waals surface area contributed by atoms with Crippen molar-refractivity contribution in [3.05, 3.63) is 212 Å². The fraction of sp³-hybridized carbons (Fsp3) is 0. The first-order chi connectivity index (χ1) is 32.2. The van der Waals surface area contributed by atoms with Crippen LogP contribution in [0.2, 0.25) is 0 Å². The highest BCUT2D eigenvalue weighted by atomic mass is 16.3. The van der Waals surface area contributed by atoms with E-state index in [0.29, 0.717) is 17.5 Å². The lowest BCUT2D eigenvalue weighted by Gasteiger charge is -2.14. The summed E-state index contributed by atoms with van der Waals surface area (Å²) in [5.41, 5.74) is 11.0. The van der Waals surface area contributed by atoms with Gasteiger partial charge in [0.05, 0.1) is 33.3 Å². The summed E-state index contributed by atoms with van der Waals surface area (Å²) in [6.45, 7) is 0. The topological polar surface area (TPSA) is 61.7 Å². The molecule has 4 aromatic heterocycles. The fourth-order valence-electron chi connectivity index (χ4n) is 10.3. The average molecular weight is 830 g/mol. The monoisotopic (exact) mass is 829 g/mol. The van der Waals surface area contributed by atoms with E-state index in [2.05, 4.69) is 203 Å². The molecule has 0 unspecified atom stereocenters. The fourth-order valence-corrected chi connectivity index (χ4v) is 10.3. The molecule has 0 aliphatic heterocycles. The highest BCUT2D eigenvalue weighted by Gasteiger charge is 2.23. The predicted molar refractivity (Wildman–Crippen MR) is 267 cm³/mol. The van der Waals surface area contributed by atoms with E-state index in [1.807, 2.05) is 18.2 Å². The lowest BCUT2D eigenvalue weighted by Crippen LogP contribution is -2.01. The van der Waals surface area contributed by atoms with Crippen molar-refractivity contribution in [2.75, 3.05) is 0 Å². The molecule has 0 saturated carbocycles. The normalized spacial score (nSPS) is 12.0. The van der Waals surface area contributed by atoms with Crippen molar-refractivity contribution in [1.82, 2.24) is 24.1 Å². The lowest BCUT2D eigenvalue weighted by molar-refractivity contribution is 0.669. The van der Waals surface area contributed by atoms with Gasteiger partial charge in [-0.05, 0) is 88.3 Å². The summed E-state index contributed by atoms with van der Waals surface area (Å²) in [5.74, 6) is 1.73. The first kappa shape index (κ1) is 35.7. The molecule has 302 valence electrons. The molecule has 6 heteroatoms. The minimum absolute atomic E-state index is 0.551. The molecule has 0 amide bonds. The highest BCUT2D eigenvalue weighted by Crippen LogP contribution is 2.42. The highest BCUT2D eigenvalue weighted by molar-refractivity contribution is 6.16. The molecule has 0 saturated heterocycles. The van der Waals surface area contributed by atoms with Crippen molar-refractivity contribution in [3.63, 3.8) is 0 Å². The molecule has 0 fully saturated rings. The number of hydrogen-bond donors (Lipinski definition) is 0. The molecular weight excluding hydrogens is 795 g/mol. The number of fused-ring (bicyclic) bond motifs is 12. The second-order valence-corrected chi connectivity index (χ2v) is 16.7. The molecule has 0 N–H and O–H groups in total. The van der Waals surface area contributed by atoms with Crippen LogP contribution in [-0.4, -0.2) is 24.1 Å². The minimum Gasteiger partial charge on any atom is -0.455 e. The zero-order chi connectivity index (χ0) is 42.6. The maximum atomic E-state index is 6.59. The van der Waals surface area contributed by atoms with Crippen LogP contribution >= 0.6 is 0 Å². The van der Waals surface area contributed by atoms with Crippen LogP contribution in [0.25, 0.3) is 133 Å². The van der Waals surface area contributed by atoms with Crippen LogP contribution < -0.4 is 0 Å². The van der Waals surface area contributed by atoms with Crippen molar-refractivity contribution in [1.29, 1.82) is 0 Å². The summed E-state index contributed by atoms with van der Waals surface area (Å²) in [6.07, 6.45) is 0. The molecule has 10 aromatic carbocycles. The van der Waals surface area contributed by atoms with E-state index < -0.39 is 0 Å². The second kappa shape index (κ2) is 13.8. The summed E-state index contributed by atoms with van der Waals surface area (Å²) in [5, 5.41) is 11.3. The predicted octanol–water partition coefficient (Wildman–Crippen LogP) is 15.3. The van der Waals surface area contributed by atoms with Crippen LogP contribution in [0.4, 0.5) is 0 Å². The van der Waals surface area contributed by atoms with Crippen molar-refractivity contribution in [3.8, 4) is 45.5 Å². The second-order valence-electron chi connectivity index (χ2n) is 16.7. The average Bonchev–Trinajstić information content (AvgIpc) is 4.04. The van der Waals surface area contributed by atoms with E-state index in [0.717, 1.165) is 93.5 Å². The van der Waals surface area contributed by atoms with E-state index in [-0.39, 0.29) is 0 Å². The molecule has 0 radical (unpaired) electrons. The zero-order valence-corrected chi connectivity index (χ0v) is 34.9. The quantitative estimate of drug-likeness (QED) is 0.162. The maximum Gasteiger partial charge on any atom is 0.167 e. The number of nitrogens with zero attached hydrogens (tertiary/aromatic N) is 5. The molecule has 14 aromatic rings. The Kier molecular flexibility index (Phi) is 7.59. The Morgan fingerprint density at radius 3 is 1.75 bits per heavy atom. The largest absolute Gasteiger partial charge is 0.455 e. The van der Waals surface area contributed by atoms with Gasteiger partial charge in [0.2, 0.25) is 0 Å². The Labute approximate surface area is 371 Å². The minimum atomic E-state index is 0.551. The SMILES string of the molecule is c1ccc(-n2c3ccccc3c3cccc(-n4c5ccccc5c5cc(-c6nc(-c7cc8ccccc8c8ccccc78)nc(-c7cccc8c7oc7ccccc78)n6)ccc54)c32)cc1. The number of rotatable bonds is 5. The Bertz CT molecular complexity index is 4250. The first-order valence-corrected chi connectivity index (χ1v) is 21.9. The third-order valence-corrected chi connectivity index (χ3v) is 13.1. The van der Waals surface area contributed by atoms with Gasteiger partial charge in [0, 0.05) is 49.1 Å². The van der Waals surface area contributed by atoms with Crippen molar-refractivity contribution in [2.24, 2.45) is 0 Å². The van der Waals surface area contributed by atoms with Gasteiger partial charge in [-0.1, -0.05) is 146 Å². The first-order valence-electron chi connectivity index (χ1n) is 21.9. The van der Waals surface area contributed by atoms with Gasteiger partial charge in [-0.15, -0.1) is 0 Å². The number of furan rings is 1. The molecule has 4 heterocycles. The number of benzene rings is 10. The molecule has 0 atom stereocenters. The van der Waals surface area contributed by atoms with Crippen molar-refractivity contribution in [2.45, 2.75) is 0 Å². The summed E-state index contributed by atoms with van der Waals surface area (Å²) in [7, 11) is 0. The summed E-state index contributed by atoms with van der Waals surface area (Å²) in [6, 6.07) is 75.0. The Hall–Kier alpha value is -8.87. The van der Waals surface area contributed by atoms with Crippen LogP contribution in [0.1, 0.15) is 0 Å². The Morgan fingerprint density at radius 1 is 0.338 bits per heavy atom. The van der Waals surface area contributed by atoms with Crippen LogP contribution in [0.3, 0.4) is 0 Å². The molecule has 14 rings (SSSR count). The molecule has 0 aliphatic rings. The summed E-state index contributed by atoms with van der Waals surface area (Å²) >= 11 is 0. The molecule has 6 nitrogen and oxygen atoms in total. The molecular formula is C59H35N5O. The van der Waals surface area contributed by atoms with Gasteiger partial charge in [0.15, 0.2) is 17.5 Å². The standard InChI is InChI=1S/C59H35N5O/c1-2-17-38(18-3-1)63-50-28-11-8-22-42(50)45-25-15-30-53(55(45)63)64-51-29-12-9-23-43(51)48-35-37(32-33-52(48)64)57-60-58(47-27-14-26-46-44-24-10-13-31-54(44)65-56(46)47)62-59(61-57)49-34-36-16-4-5-19-39(36)40-20-6-7-21-41(40)49/h1-35H. The van der Waals surface area contributed by atoms with Crippen LogP contribution in [0.15, 0.2) is 217 Å². The van der Waals surface area contributed by atoms with E-state index in [9.17, 15) is 0 Å². The molecule has 0 bridgehead atoms. The van der Waals surface area contributed by atoms with Crippen molar-refractivity contribution < 1.29 is 4.42 Å². The zero-order valence-electron chi connectivity index (χ0n) is 34.9. The molecule has 65 heavy (non-hydrogen) atoms. The number of hydrogen-bond acceptors (Lipinski definition) is 4. The van der Waals surface area contributed by atoms with E-state index in [1.54, 1.807) is 0 Å². The van der Waals surface area contributed by atoms with Gasteiger partial charge in [-0.25, -0.2) is 15.0 Å². The third kappa shape index (κ3) is 5.31. The van der Waals surface area contributed by atoms with Gasteiger partial charge >= 0.3 is 0 Å². The number of aromatic nitrogens is 5. The maximum absolute atomic E-state index is 6.59. The number of para-hydroxylation sites is 6. The van der Waals surface area contributed by atoms with Crippen LogP contribution in [-0.2, 0) is 0 Å². The van der Waals surface area contributed by atoms with Gasteiger partial charge < -0.3 is 13.6 Å². The van der Waals surface area contributed by atoms with Gasteiger partial charge in [-0.3, -0.25) is 0 Å².